The molecule has 7 rings (SSSR count). The fourth-order valence-electron chi connectivity index (χ4n) is 6.32. The van der Waals surface area contributed by atoms with Crippen molar-refractivity contribution in [3.63, 3.8) is 0 Å². The van der Waals surface area contributed by atoms with Crippen molar-refractivity contribution in [2.45, 2.75) is 39.3 Å². The van der Waals surface area contributed by atoms with Crippen molar-refractivity contribution in [1.29, 1.82) is 0 Å². The third kappa shape index (κ3) is 4.90. The molecule has 0 aliphatic carbocycles. The van der Waals surface area contributed by atoms with Gasteiger partial charge in [0.2, 0.25) is 0 Å². The van der Waals surface area contributed by atoms with Crippen LogP contribution in [-0.2, 0) is 6.54 Å². The van der Waals surface area contributed by atoms with Crippen molar-refractivity contribution >= 4 is 16.9 Å². The predicted molar refractivity (Wildman–Crippen MR) is 153 cm³/mol. The first-order valence-corrected chi connectivity index (χ1v) is 14.0. The maximum Gasteiger partial charge on any atom is 0.188 e. The van der Waals surface area contributed by atoms with Gasteiger partial charge < -0.3 is 9.64 Å². The van der Waals surface area contributed by atoms with E-state index in [2.05, 4.69) is 52.4 Å². The molecule has 11 heteroatoms. The Balaban J connectivity index is 1.09. The molecule has 0 bridgehead atoms. The number of aromatic nitrogens is 7. The average molecular weight is 554 g/mol. The summed E-state index contributed by atoms with van der Waals surface area (Å²) in [5.41, 5.74) is 4.67. The van der Waals surface area contributed by atoms with Crippen LogP contribution in [0.2, 0.25) is 0 Å². The van der Waals surface area contributed by atoms with Gasteiger partial charge in [0.25, 0.3) is 0 Å². The van der Waals surface area contributed by atoms with Crippen LogP contribution in [0.3, 0.4) is 0 Å². The van der Waals surface area contributed by atoms with Crippen LogP contribution in [0.5, 0.6) is 11.5 Å². The molecule has 5 heterocycles. The first kappa shape index (κ1) is 25.6. The van der Waals surface area contributed by atoms with E-state index in [1.54, 1.807) is 24.8 Å². The first-order valence-electron chi connectivity index (χ1n) is 14.0. The highest BCUT2D eigenvalue weighted by atomic mass is 19.1. The zero-order chi connectivity index (χ0) is 28.0. The number of ether oxygens (including phenoxy) is 1. The minimum Gasteiger partial charge on any atom is -0.451 e. The molecule has 2 aromatic carbocycles. The molecule has 2 fully saturated rings. The number of nitrogens with one attached hydrogen (secondary N) is 1. The smallest absolute Gasteiger partial charge is 0.188 e. The number of benzene rings is 2. The van der Waals surface area contributed by atoms with E-state index >= 15 is 0 Å². The third-order valence-corrected chi connectivity index (χ3v) is 8.30. The zero-order valence-corrected chi connectivity index (χ0v) is 23.2. The average Bonchev–Trinajstić information content (AvgIpc) is 3.78. The first-order chi connectivity index (χ1) is 20.0. The van der Waals surface area contributed by atoms with Gasteiger partial charge in [-0.2, -0.15) is 20.5 Å². The number of H-pyrrole nitrogens is 1. The molecule has 1 unspecified atom stereocenters. The van der Waals surface area contributed by atoms with Crippen LogP contribution < -0.4 is 9.64 Å². The van der Waals surface area contributed by atoms with Crippen LogP contribution in [0.15, 0.2) is 61.2 Å². The Hall–Kier alpha value is -4.38. The SMILES string of the molecule is CC(C)n1nccc1-c1cc(F)ccc1Oc1cncnc1N1CCC2(CCN(Cc3ccc4n[nH]nc4c3)C2)C1. The van der Waals surface area contributed by atoms with Gasteiger partial charge in [0.05, 0.1) is 11.9 Å². The zero-order valence-electron chi connectivity index (χ0n) is 23.2. The van der Waals surface area contributed by atoms with Gasteiger partial charge in [-0.1, -0.05) is 6.07 Å². The van der Waals surface area contributed by atoms with Gasteiger partial charge in [0.15, 0.2) is 11.6 Å². The summed E-state index contributed by atoms with van der Waals surface area (Å²) in [6.45, 7) is 8.86. The number of rotatable bonds is 7. The van der Waals surface area contributed by atoms with Crippen LogP contribution >= 0.6 is 0 Å². The molecule has 5 aromatic rings. The van der Waals surface area contributed by atoms with E-state index in [0.717, 1.165) is 68.1 Å². The summed E-state index contributed by atoms with van der Waals surface area (Å²) < 4.78 is 22.7. The highest BCUT2D eigenvalue weighted by Crippen LogP contribution is 2.44. The Morgan fingerprint density at radius 3 is 2.78 bits per heavy atom. The van der Waals surface area contributed by atoms with Crippen LogP contribution in [0.25, 0.3) is 22.3 Å². The Morgan fingerprint density at radius 1 is 1.00 bits per heavy atom. The molecule has 2 aliphatic rings. The second kappa shape index (κ2) is 10.2. The maximum atomic E-state index is 14.4. The molecule has 3 aromatic heterocycles. The van der Waals surface area contributed by atoms with Gasteiger partial charge in [0.1, 0.15) is 28.9 Å². The number of likely N-dealkylation sites (tertiary alicyclic amines) is 1. The second-order valence-corrected chi connectivity index (χ2v) is 11.5. The number of fused-ring (bicyclic) bond motifs is 1. The normalized spacial score (nSPS) is 19.3. The number of halogens is 1. The predicted octanol–water partition coefficient (Wildman–Crippen LogP) is 5.23. The summed E-state index contributed by atoms with van der Waals surface area (Å²) in [6.07, 6.45) is 7.21. The molecule has 0 saturated carbocycles. The van der Waals surface area contributed by atoms with E-state index in [-0.39, 0.29) is 17.3 Å². The molecule has 2 aliphatic heterocycles. The molecule has 0 amide bonds. The quantitative estimate of drug-likeness (QED) is 0.293. The molecule has 0 radical (unpaired) electrons. The Morgan fingerprint density at radius 2 is 1.88 bits per heavy atom. The molecule has 1 atom stereocenters. The highest BCUT2D eigenvalue weighted by molar-refractivity contribution is 5.74. The summed E-state index contributed by atoms with van der Waals surface area (Å²) in [4.78, 5) is 13.7. The Labute approximate surface area is 237 Å². The van der Waals surface area contributed by atoms with E-state index in [9.17, 15) is 4.39 Å². The van der Waals surface area contributed by atoms with Crippen LogP contribution in [0.1, 0.15) is 38.3 Å². The summed E-state index contributed by atoms with van der Waals surface area (Å²) in [6, 6.07) is 12.8. The van der Waals surface area contributed by atoms with Gasteiger partial charge in [-0.05, 0) is 75.2 Å². The number of hydrogen-bond donors (Lipinski definition) is 1. The molecule has 41 heavy (non-hydrogen) atoms. The summed E-state index contributed by atoms with van der Waals surface area (Å²) >= 11 is 0. The van der Waals surface area contributed by atoms with E-state index in [0.29, 0.717) is 17.1 Å². The molecule has 210 valence electrons. The molecule has 2 saturated heterocycles. The molecular formula is C30H32FN9O. The monoisotopic (exact) mass is 553 g/mol. The lowest BCUT2D eigenvalue weighted by Crippen LogP contribution is -2.31. The van der Waals surface area contributed by atoms with Crippen LogP contribution in [-0.4, -0.2) is 66.2 Å². The number of aromatic amines is 1. The summed E-state index contributed by atoms with van der Waals surface area (Å²) in [5.74, 6) is 1.53. The van der Waals surface area contributed by atoms with Crippen molar-refractivity contribution in [3.8, 4) is 22.8 Å². The molecule has 1 spiro atoms. The fraction of sp³-hybridized carbons (Fsp3) is 0.367. The van der Waals surface area contributed by atoms with Gasteiger partial charge in [-0.3, -0.25) is 9.58 Å². The van der Waals surface area contributed by atoms with E-state index in [1.807, 2.05) is 30.7 Å². The number of anilines is 1. The topological polar surface area (TPSA) is 101 Å². The van der Waals surface area contributed by atoms with Crippen molar-refractivity contribution < 1.29 is 9.13 Å². The van der Waals surface area contributed by atoms with Gasteiger partial charge >= 0.3 is 0 Å². The highest BCUT2D eigenvalue weighted by Gasteiger charge is 2.44. The largest absolute Gasteiger partial charge is 0.451 e. The van der Waals surface area contributed by atoms with E-state index in [1.165, 1.54) is 17.7 Å². The van der Waals surface area contributed by atoms with Crippen molar-refractivity contribution in [1.82, 2.24) is 40.1 Å². The van der Waals surface area contributed by atoms with Crippen molar-refractivity contribution in [2.24, 2.45) is 5.41 Å². The lowest BCUT2D eigenvalue weighted by Gasteiger charge is -2.26. The van der Waals surface area contributed by atoms with Crippen molar-refractivity contribution in [3.05, 3.63) is 72.6 Å². The van der Waals surface area contributed by atoms with Crippen LogP contribution in [0.4, 0.5) is 10.2 Å². The van der Waals surface area contributed by atoms with Crippen molar-refractivity contribution in [2.75, 3.05) is 31.1 Å². The Kier molecular flexibility index (Phi) is 6.38. The van der Waals surface area contributed by atoms with Gasteiger partial charge in [-0.15, -0.1) is 0 Å². The maximum absolute atomic E-state index is 14.4. The summed E-state index contributed by atoms with van der Waals surface area (Å²) in [5, 5.41) is 15.5. The third-order valence-electron chi connectivity index (χ3n) is 8.30. The minimum atomic E-state index is -0.332. The lowest BCUT2D eigenvalue weighted by atomic mass is 9.86. The standard InChI is InChI=1S/C30H32FN9O/c1-20(2)40-26(7-10-34-40)23-14-22(31)4-6-27(23)41-28-15-32-19-33-29(28)39-12-9-30(18-39)8-11-38(17-30)16-21-3-5-24-25(13-21)36-37-35-24/h3-7,10,13-15,19-20H,8-9,11-12,16-18H2,1-2H3,(H,35,36,37). The minimum absolute atomic E-state index is 0.115. The van der Waals surface area contributed by atoms with Crippen LogP contribution in [0, 0.1) is 11.2 Å². The van der Waals surface area contributed by atoms with Gasteiger partial charge in [0, 0.05) is 49.4 Å². The van der Waals surface area contributed by atoms with E-state index in [4.69, 9.17) is 4.74 Å². The summed E-state index contributed by atoms with van der Waals surface area (Å²) in [7, 11) is 0. The molecule has 10 nitrogen and oxygen atoms in total. The molecular weight excluding hydrogens is 521 g/mol. The van der Waals surface area contributed by atoms with E-state index < -0.39 is 0 Å². The Bertz CT molecular complexity index is 1700. The van der Waals surface area contributed by atoms with Gasteiger partial charge in [-0.25, -0.2) is 14.4 Å². The second-order valence-electron chi connectivity index (χ2n) is 11.5. The molecule has 1 N–H and O–H groups in total. The number of nitrogens with zero attached hydrogens (tertiary/aromatic N) is 8. The number of hydrogen-bond acceptors (Lipinski definition) is 8. The lowest BCUT2D eigenvalue weighted by molar-refractivity contribution is 0.270. The fourth-order valence-corrected chi connectivity index (χ4v) is 6.32.